The molecule has 0 aliphatic heterocycles. The van der Waals surface area contributed by atoms with Crippen molar-refractivity contribution in [3.63, 3.8) is 0 Å². The number of ether oxygens (including phenoxy) is 2. The summed E-state index contributed by atoms with van der Waals surface area (Å²) in [4.78, 5) is 38.3. The van der Waals surface area contributed by atoms with Gasteiger partial charge < -0.3 is 20.1 Å². The molecular weight excluding hydrogens is 641 g/mol. The monoisotopic (exact) mass is 667 g/mol. The third-order valence-electron chi connectivity index (χ3n) is 6.28. The molecule has 0 saturated heterocycles. The molecule has 4 rings (SSSR count). The quantitative estimate of drug-likeness (QED) is 0.131. The lowest BCUT2D eigenvalue weighted by molar-refractivity contribution is -0.119. The summed E-state index contributed by atoms with van der Waals surface area (Å²) in [6.07, 6.45) is 1.41. The molecule has 2 amide bonds. The van der Waals surface area contributed by atoms with Crippen molar-refractivity contribution in [3.8, 4) is 5.75 Å². The highest BCUT2D eigenvalue weighted by Crippen LogP contribution is 2.28. The Balaban J connectivity index is 1.45. The number of hydrogen-bond acceptors (Lipinski definition) is 7. The molecule has 4 aromatic rings. The molecule has 0 spiro atoms. The molecule has 0 bridgehead atoms. The van der Waals surface area contributed by atoms with Gasteiger partial charge in [-0.15, -0.1) is 6.58 Å². The van der Waals surface area contributed by atoms with E-state index in [9.17, 15) is 22.8 Å². The van der Waals surface area contributed by atoms with Crippen molar-refractivity contribution in [3.05, 3.63) is 125 Å². The Hall–Kier alpha value is -4.84. The largest absolute Gasteiger partial charge is 0.497 e. The first-order valence-corrected chi connectivity index (χ1v) is 15.4. The fraction of sp³-hybridized carbons (Fsp3) is 0.0938. The Kier molecular flexibility index (Phi) is 10.8. The van der Waals surface area contributed by atoms with Crippen LogP contribution in [0, 0.1) is 0 Å². The third-order valence-corrected chi connectivity index (χ3v) is 8.65. The number of nitrogens with one attached hydrogen (secondary N) is 2. The van der Waals surface area contributed by atoms with Crippen molar-refractivity contribution in [2.75, 3.05) is 35.2 Å². The number of para-hydroxylation sites is 1. The van der Waals surface area contributed by atoms with Crippen LogP contribution in [0.25, 0.3) is 0 Å². The lowest BCUT2D eigenvalue weighted by atomic mass is 10.1. The van der Waals surface area contributed by atoms with E-state index in [-0.39, 0.29) is 33.3 Å². The minimum absolute atomic E-state index is 0.0634. The Labute approximate surface area is 270 Å². The van der Waals surface area contributed by atoms with Gasteiger partial charge in [-0.1, -0.05) is 41.4 Å². The van der Waals surface area contributed by atoms with E-state index < -0.39 is 34.4 Å². The van der Waals surface area contributed by atoms with E-state index in [2.05, 4.69) is 17.2 Å². The van der Waals surface area contributed by atoms with Gasteiger partial charge in [0.1, 0.15) is 5.75 Å². The lowest BCUT2D eigenvalue weighted by Crippen LogP contribution is -2.31. The summed E-state index contributed by atoms with van der Waals surface area (Å²) in [6, 6.07) is 22.7. The van der Waals surface area contributed by atoms with Gasteiger partial charge in [0.05, 0.1) is 46.1 Å². The Morgan fingerprint density at radius 2 is 1.58 bits per heavy atom. The highest BCUT2D eigenvalue weighted by Gasteiger charge is 2.27. The highest BCUT2D eigenvalue weighted by molar-refractivity contribution is 7.92. The van der Waals surface area contributed by atoms with Crippen molar-refractivity contribution in [2.45, 2.75) is 4.90 Å². The number of rotatable bonds is 12. The standard InChI is InChI=1S/C32H27Cl2N3O7S/c1-3-18-37(23-12-8-21(33)9-13-23)45(41,42)25-16-17-28(34)27(19-25)32(40)44-20-30(38)36-29-7-5-4-6-26(29)31(39)35-22-10-14-24(43-2)15-11-22/h3-17,19H,1,18,20H2,2H3,(H,35,39)(H,36,38). The van der Waals surface area contributed by atoms with E-state index in [0.29, 0.717) is 22.1 Å². The number of nitrogens with zero attached hydrogens (tertiary/aromatic N) is 1. The molecule has 232 valence electrons. The van der Waals surface area contributed by atoms with Crippen LogP contribution in [0.5, 0.6) is 5.75 Å². The predicted molar refractivity (Wildman–Crippen MR) is 174 cm³/mol. The molecule has 0 unspecified atom stereocenters. The van der Waals surface area contributed by atoms with Gasteiger partial charge in [0.25, 0.3) is 21.8 Å². The fourth-order valence-corrected chi connectivity index (χ4v) is 5.86. The van der Waals surface area contributed by atoms with Crippen molar-refractivity contribution in [1.82, 2.24) is 0 Å². The number of halogens is 2. The maximum atomic E-state index is 13.5. The van der Waals surface area contributed by atoms with Gasteiger partial charge >= 0.3 is 5.97 Å². The number of sulfonamides is 1. The second-order valence-electron chi connectivity index (χ2n) is 9.30. The predicted octanol–water partition coefficient (Wildman–Crippen LogP) is 6.43. The zero-order valence-corrected chi connectivity index (χ0v) is 26.2. The zero-order chi connectivity index (χ0) is 32.6. The second kappa shape index (κ2) is 14.8. The highest BCUT2D eigenvalue weighted by atomic mass is 35.5. The summed E-state index contributed by atoms with van der Waals surface area (Å²) in [7, 11) is -2.65. The van der Waals surface area contributed by atoms with Crippen LogP contribution in [0.15, 0.2) is 109 Å². The summed E-state index contributed by atoms with van der Waals surface area (Å²) in [5, 5.41) is 5.63. The van der Waals surface area contributed by atoms with Crippen LogP contribution < -0.4 is 19.7 Å². The van der Waals surface area contributed by atoms with Gasteiger partial charge in [-0.3, -0.25) is 13.9 Å². The number of benzene rings is 4. The minimum atomic E-state index is -4.18. The second-order valence-corrected chi connectivity index (χ2v) is 12.0. The zero-order valence-electron chi connectivity index (χ0n) is 23.8. The molecule has 45 heavy (non-hydrogen) atoms. The summed E-state index contributed by atoms with van der Waals surface area (Å²) < 4.78 is 38.4. The molecule has 10 nitrogen and oxygen atoms in total. The van der Waals surface area contributed by atoms with Crippen LogP contribution in [-0.4, -0.2) is 46.5 Å². The van der Waals surface area contributed by atoms with Crippen molar-refractivity contribution >= 4 is 68.1 Å². The smallest absolute Gasteiger partial charge is 0.340 e. The maximum Gasteiger partial charge on any atom is 0.340 e. The number of hydrogen-bond donors (Lipinski definition) is 2. The molecule has 2 N–H and O–H groups in total. The van der Waals surface area contributed by atoms with Gasteiger partial charge in [0.15, 0.2) is 6.61 Å². The first-order valence-electron chi connectivity index (χ1n) is 13.2. The van der Waals surface area contributed by atoms with E-state index in [0.717, 1.165) is 10.4 Å². The fourth-order valence-electron chi connectivity index (χ4n) is 4.07. The van der Waals surface area contributed by atoms with E-state index in [1.807, 2.05) is 0 Å². The molecule has 0 aliphatic rings. The average Bonchev–Trinajstić information content (AvgIpc) is 3.03. The molecular formula is C32H27Cl2N3O7S. The number of amides is 2. The number of methoxy groups -OCH3 is 1. The van der Waals surface area contributed by atoms with Crippen LogP contribution >= 0.6 is 23.2 Å². The molecule has 0 radical (unpaired) electrons. The molecule has 0 atom stereocenters. The Morgan fingerprint density at radius 3 is 2.24 bits per heavy atom. The Bertz CT molecular complexity index is 1830. The lowest BCUT2D eigenvalue weighted by Gasteiger charge is -2.23. The molecule has 13 heteroatoms. The van der Waals surface area contributed by atoms with Crippen molar-refractivity contribution in [1.29, 1.82) is 0 Å². The summed E-state index contributed by atoms with van der Waals surface area (Å²) >= 11 is 12.2. The Morgan fingerprint density at radius 1 is 0.889 bits per heavy atom. The summed E-state index contributed by atoms with van der Waals surface area (Å²) in [6.45, 7) is 2.82. The van der Waals surface area contributed by atoms with Gasteiger partial charge in [0.2, 0.25) is 0 Å². The van der Waals surface area contributed by atoms with Crippen LogP contribution in [0.3, 0.4) is 0 Å². The molecule has 0 heterocycles. The molecule has 0 fully saturated rings. The van der Waals surface area contributed by atoms with Gasteiger partial charge in [-0.05, 0) is 78.9 Å². The SMILES string of the molecule is C=CCN(c1ccc(Cl)cc1)S(=O)(=O)c1ccc(Cl)c(C(=O)OCC(=O)Nc2ccccc2C(=O)Nc2ccc(OC)cc2)c1. The third kappa shape index (κ3) is 8.21. The van der Waals surface area contributed by atoms with Gasteiger partial charge in [-0.2, -0.15) is 0 Å². The van der Waals surface area contributed by atoms with E-state index in [4.69, 9.17) is 32.7 Å². The molecule has 0 saturated carbocycles. The van der Waals surface area contributed by atoms with E-state index in [1.54, 1.807) is 48.5 Å². The topological polar surface area (TPSA) is 131 Å². The van der Waals surface area contributed by atoms with Crippen LogP contribution in [0.1, 0.15) is 20.7 Å². The van der Waals surface area contributed by atoms with Crippen LogP contribution in [-0.2, 0) is 19.6 Å². The van der Waals surface area contributed by atoms with Crippen molar-refractivity contribution in [2.24, 2.45) is 0 Å². The van der Waals surface area contributed by atoms with E-state index >= 15 is 0 Å². The molecule has 0 aliphatic carbocycles. The molecule has 0 aromatic heterocycles. The number of carbonyl (C=O) groups excluding carboxylic acids is 3. The first kappa shape index (κ1) is 33.1. The van der Waals surface area contributed by atoms with E-state index in [1.165, 1.54) is 49.6 Å². The molecule has 4 aromatic carbocycles. The van der Waals surface area contributed by atoms with Crippen molar-refractivity contribution < 1.29 is 32.3 Å². The minimum Gasteiger partial charge on any atom is -0.497 e. The summed E-state index contributed by atoms with van der Waals surface area (Å²) in [5.41, 5.74) is 0.921. The number of esters is 1. The average molecular weight is 669 g/mol. The first-order chi connectivity index (χ1) is 21.5. The van der Waals surface area contributed by atoms with Crippen LogP contribution in [0.4, 0.5) is 17.1 Å². The van der Waals surface area contributed by atoms with Gasteiger partial charge in [0, 0.05) is 10.7 Å². The number of carbonyl (C=O) groups is 3. The van der Waals surface area contributed by atoms with Gasteiger partial charge in [-0.25, -0.2) is 13.2 Å². The maximum absolute atomic E-state index is 13.5. The summed E-state index contributed by atoms with van der Waals surface area (Å²) in [5.74, 6) is -1.63. The van der Waals surface area contributed by atoms with Crippen LogP contribution in [0.2, 0.25) is 10.0 Å². The normalized spacial score (nSPS) is 10.8. The number of anilines is 3.